The minimum atomic E-state index is -0.760. The van der Waals surface area contributed by atoms with E-state index >= 15 is 0 Å². The Labute approximate surface area is 198 Å². The number of nitrogens with one attached hydrogen (secondary N) is 1. The number of nitrogen functional groups attached to an aromatic ring is 1. The van der Waals surface area contributed by atoms with Crippen molar-refractivity contribution in [1.82, 2.24) is 9.55 Å². The number of carbonyl (C=O) groups is 2. The van der Waals surface area contributed by atoms with Gasteiger partial charge in [0, 0.05) is 13.1 Å². The van der Waals surface area contributed by atoms with Gasteiger partial charge in [-0.05, 0) is 43.5 Å². The Morgan fingerprint density at radius 1 is 1.03 bits per heavy atom. The Hall–Kier alpha value is -3.56. The first-order valence-electron chi connectivity index (χ1n) is 11.7. The number of anilines is 2. The average Bonchev–Trinajstić information content (AvgIpc) is 2.82. The number of benzene rings is 1. The molecule has 0 aliphatic heterocycles. The molecule has 3 N–H and O–H groups in total. The predicted octanol–water partition coefficient (Wildman–Crippen LogP) is 2.70. The maximum Gasteiger partial charge on any atom is 0.338 e. The summed E-state index contributed by atoms with van der Waals surface area (Å²) >= 11 is 0. The maximum absolute atomic E-state index is 13.0. The lowest BCUT2D eigenvalue weighted by Gasteiger charge is -2.24. The van der Waals surface area contributed by atoms with Gasteiger partial charge in [-0.3, -0.25) is 19.1 Å². The highest BCUT2D eigenvalue weighted by molar-refractivity contribution is 5.98. The second kappa shape index (κ2) is 13.2. The van der Waals surface area contributed by atoms with Gasteiger partial charge in [0.15, 0.2) is 12.3 Å². The first kappa shape index (κ1) is 26.7. The monoisotopic (exact) mass is 474 g/mol. The molecule has 0 aliphatic carbocycles. The van der Waals surface area contributed by atoms with Gasteiger partial charge in [0.1, 0.15) is 11.6 Å². The number of amides is 1. The molecule has 0 saturated carbocycles. The predicted molar refractivity (Wildman–Crippen MR) is 130 cm³/mol. The quantitative estimate of drug-likeness (QED) is 0.336. The molecule has 1 aromatic heterocycles. The van der Waals surface area contributed by atoms with Crippen LogP contribution < -0.4 is 26.6 Å². The maximum atomic E-state index is 13.0. The van der Waals surface area contributed by atoms with E-state index < -0.39 is 29.7 Å². The van der Waals surface area contributed by atoms with E-state index in [1.54, 1.807) is 24.3 Å². The van der Waals surface area contributed by atoms with Crippen LogP contribution in [0.2, 0.25) is 0 Å². The third-order valence-electron chi connectivity index (χ3n) is 5.15. The van der Waals surface area contributed by atoms with E-state index in [2.05, 4.69) is 11.9 Å². The zero-order valence-electron chi connectivity index (χ0n) is 20.1. The average molecular weight is 475 g/mol. The van der Waals surface area contributed by atoms with Crippen molar-refractivity contribution in [1.29, 1.82) is 0 Å². The van der Waals surface area contributed by atoms with Crippen LogP contribution in [0.3, 0.4) is 0 Å². The van der Waals surface area contributed by atoms with Gasteiger partial charge in [-0.2, -0.15) is 0 Å². The van der Waals surface area contributed by atoms with Crippen LogP contribution in [0.25, 0.3) is 0 Å². The highest BCUT2D eigenvalue weighted by Crippen LogP contribution is 2.19. The number of aromatic nitrogens is 2. The van der Waals surface area contributed by atoms with Gasteiger partial charge in [-0.25, -0.2) is 9.59 Å². The van der Waals surface area contributed by atoms with Crippen LogP contribution >= 0.6 is 0 Å². The molecule has 0 spiro atoms. The zero-order chi connectivity index (χ0) is 25.1. The molecule has 0 unspecified atom stereocenters. The van der Waals surface area contributed by atoms with Gasteiger partial charge in [0.25, 0.3) is 11.5 Å². The van der Waals surface area contributed by atoms with E-state index in [1.165, 1.54) is 9.47 Å². The summed E-state index contributed by atoms with van der Waals surface area (Å²) in [4.78, 5) is 53.5. The van der Waals surface area contributed by atoms with Gasteiger partial charge in [-0.1, -0.05) is 33.6 Å². The number of esters is 1. The number of aromatic amines is 1. The molecule has 1 amide bonds. The first-order chi connectivity index (χ1) is 16.3. The molecule has 2 rings (SSSR count). The molecule has 0 atom stereocenters. The number of hydrogen-bond acceptors (Lipinski definition) is 7. The second-order valence-corrected chi connectivity index (χ2v) is 7.85. The summed E-state index contributed by atoms with van der Waals surface area (Å²) in [5.41, 5.74) is 4.87. The molecule has 186 valence electrons. The van der Waals surface area contributed by atoms with E-state index in [4.69, 9.17) is 15.2 Å². The van der Waals surface area contributed by atoms with Crippen molar-refractivity contribution in [2.45, 2.75) is 59.4 Å². The minimum absolute atomic E-state index is 0.0926. The smallest absolute Gasteiger partial charge is 0.338 e. The van der Waals surface area contributed by atoms with Crippen LogP contribution in [0.1, 0.15) is 63.2 Å². The van der Waals surface area contributed by atoms with Gasteiger partial charge in [-0.15, -0.1) is 0 Å². The summed E-state index contributed by atoms with van der Waals surface area (Å²) < 4.78 is 12.0. The number of ether oxygens (including phenoxy) is 2. The molecule has 10 nitrogen and oxygen atoms in total. The number of carbonyl (C=O) groups excluding carboxylic acids is 2. The molecule has 34 heavy (non-hydrogen) atoms. The third-order valence-corrected chi connectivity index (χ3v) is 5.15. The molecular weight excluding hydrogens is 440 g/mol. The van der Waals surface area contributed by atoms with E-state index in [1.807, 2.05) is 13.8 Å². The Bertz CT molecular complexity index is 1070. The molecule has 2 aromatic rings. The zero-order valence-corrected chi connectivity index (χ0v) is 20.1. The van der Waals surface area contributed by atoms with Crippen LogP contribution in [0.4, 0.5) is 11.5 Å². The van der Waals surface area contributed by atoms with Crippen molar-refractivity contribution in [3.8, 4) is 5.75 Å². The molecule has 0 saturated heterocycles. The van der Waals surface area contributed by atoms with E-state index in [0.29, 0.717) is 25.2 Å². The Kier molecular flexibility index (Phi) is 10.4. The fourth-order valence-corrected chi connectivity index (χ4v) is 3.27. The van der Waals surface area contributed by atoms with Crippen LogP contribution in [-0.4, -0.2) is 41.2 Å². The van der Waals surface area contributed by atoms with Crippen molar-refractivity contribution in [2.24, 2.45) is 0 Å². The molecular formula is C24H34N4O6. The molecule has 1 aromatic carbocycles. The van der Waals surface area contributed by atoms with Crippen molar-refractivity contribution >= 4 is 23.4 Å². The Balaban J connectivity index is 2.16. The molecule has 0 radical (unpaired) electrons. The number of H-pyrrole nitrogens is 1. The summed E-state index contributed by atoms with van der Waals surface area (Å²) in [5.74, 6) is -0.740. The standard InChI is InChI=1S/C24H34N4O6/c1-4-7-14-27(20-21(25)28(13-6-3)24(32)26-22(20)30)19(29)16-34-23(31)17-9-11-18(12-10-17)33-15-8-5-2/h9-12H,4-8,13-16,25H2,1-3H3,(H,26,30,32). The number of nitrogens with zero attached hydrogens (tertiary/aromatic N) is 2. The lowest BCUT2D eigenvalue weighted by atomic mass is 10.2. The fourth-order valence-electron chi connectivity index (χ4n) is 3.27. The van der Waals surface area contributed by atoms with Crippen LogP contribution in [-0.2, 0) is 16.1 Å². The van der Waals surface area contributed by atoms with Crippen molar-refractivity contribution in [2.75, 3.05) is 30.4 Å². The van der Waals surface area contributed by atoms with Crippen molar-refractivity contribution in [3.05, 3.63) is 50.7 Å². The van der Waals surface area contributed by atoms with Crippen LogP contribution in [0.15, 0.2) is 33.9 Å². The minimum Gasteiger partial charge on any atom is -0.494 e. The molecule has 1 heterocycles. The van der Waals surface area contributed by atoms with Gasteiger partial charge in [0.05, 0.1) is 12.2 Å². The van der Waals surface area contributed by atoms with Crippen LogP contribution in [0.5, 0.6) is 5.75 Å². The fraction of sp³-hybridized carbons (Fsp3) is 0.500. The number of rotatable bonds is 13. The summed E-state index contributed by atoms with van der Waals surface area (Å²) in [5, 5.41) is 0. The molecule has 0 fully saturated rings. The van der Waals surface area contributed by atoms with E-state index in [9.17, 15) is 19.2 Å². The summed E-state index contributed by atoms with van der Waals surface area (Å²) in [6.07, 6.45) is 3.90. The van der Waals surface area contributed by atoms with E-state index in [0.717, 1.165) is 19.3 Å². The van der Waals surface area contributed by atoms with Crippen LogP contribution in [0, 0.1) is 0 Å². The lowest BCUT2D eigenvalue weighted by molar-refractivity contribution is -0.121. The van der Waals surface area contributed by atoms with Gasteiger partial charge >= 0.3 is 11.7 Å². The third kappa shape index (κ3) is 6.97. The molecule has 0 aliphatic rings. The highest BCUT2D eigenvalue weighted by atomic mass is 16.5. The van der Waals surface area contributed by atoms with Gasteiger partial charge < -0.3 is 20.1 Å². The topological polar surface area (TPSA) is 137 Å². The molecule has 0 bridgehead atoms. The second-order valence-electron chi connectivity index (χ2n) is 7.85. The Morgan fingerprint density at radius 2 is 1.71 bits per heavy atom. The van der Waals surface area contributed by atoms with Gasteiger partial charge in [0.2, 0.25) is 0 Å². The summed E-state index contributed by atoms with van der Waals surface area (Å²) in [6, 6.07) is 6.45. The molecule has 10 heteroatoms. The van der Waals surface area contributed by atoms with Crippen molar-refractivity contribution < 1.29 is 19.1 Å². The number of nitrogens with two attached hydrogens (primary N) is 1. The first-order valence-corrected chi connectivity index (χ1v) is 11.7. The normalized spacial score (nSPS) is 10.7. The highest BCUT2D eigenvalue weighted by Gasteiger charge is 2.25. The number of hydrogen-bond donors (Lipinski definition) is 2. The van der Waals surface area contributed by atoms with E-state index in [-0.39, 0.29) is 30.2 Å². The van der Waals surface area contributed by atoms with Crippen molar-refractivity contribution in [3.63, 3.8) is 0 Å². The largest absolute Gasteiger partial charge is 0.494 e. The summed E-state index contributed by atoms with van der Waals surface area (Å²) in [7, 11) is 0. The SMILES string of the molecule is CCCCOc1ccc(C(=O)OCC(=O)N(CCCC)c2c(N)n(CCC)c(=O)[nH]c2=O)cc1. The lowest BCUT2D eigenvalue weighted by Crippen LogP contribution is -2.43. The number of unbranched alkanes of at least 4 members (excludes halogenated alkanes) is 2. The Morgan fingerprint density at radius 3 is 2.32 bits per heavy atom. The summed E-state index contributed by atoms with van der Waals surface area (Å²) in [6.45, 7) is 6.36.